The zero-order valence-electron chi connectivity index (χ0n) is 16.1. The average molecular weight is 377 g/mol. The molecule has 3 aromatic rings. The molecule has 0 saturated carbocycles. The van der Waals surface area contributed by atoms with Crippen molar-refractivity contribution < 1.29 is 9.21 Å². The lowest BCUT2D eigenvalue weighted by Gasteiger charge is -2.34. The van der Waals surface area contributed by atoms with Crippen LogP contribution in [0.4, 0.5) is 0 Å². The Hall–Kier alpha value is -3.06. The molecule has 0 aliphatic carbocycles. The van der Waals surface area contributed by atoms with Crippen LogP contribution in [0.5, 0.6) is 0 Å². The first kappa shape index (κ1) is 18.3. The van der Waals surface area contributed by atoms with Gasteiger partial charge in [-0.05, 0) is 26.0 Å². The molecule has 3 heterocycles. The van der Waals surface area contributed by atoms with Gasteiger partial charge in [0.05, 0.1) is 11.9 Å². The zero-order valence-corrected chi connectivity index (χ0v) is 16.1. The summed E-state index contributed by atoms with van der Waals surface area (Å²) in [7, 11) is 0. The third-order valence-corrected chi connectivity index (χ3v) is 5.01. The van der Waals surface area contributed by atoms with Crippen LogP contribution in [-0.4, -0.2) is 56.8 Å². The molecule has 1 aliphatic rings. The van der Waals surface area contributed by atoms with Gasteiger partial charge >= 0.3 is 0 Å². The molecule has 0 unspecified atom stereocenters. The van der Waals surface area contributed by atoms with Crippen LogP contribution in [0.15, 0.2) is 47.3 Å². The molecule has 28 heavy (non-hydrogen) atoms. The summed E-state index contributed by atoms with van der Waals surface area (Å²) in [6.45, 7) is 7.64. The maximum atomic E-state index is 12.5. The van der Waals surface area contributed by atoms with Crippen molar-refractivity contribution in [1.29, 1.82) is 0 Å². The molecule has 0 N–H and O–H groups in total. The van der Waals surface area contributed by atoms with Gasteiger partial charge in [-0.3, -0.25) is 14.7 Å². The van der Waals surface area contributed by atoms with E-state index in [1.807, 2.05) is 24.0 Å². The van der Waals surface area contributed by atoms with E-state index in [9.17, 15) is 4.79 Å². The first-order chi connectivity index (χ1) is 13.6. The number of hydrogen-bond acceptors (Lipinski definition) is 6. The van der Waals surface area contributed by atoms with Gasteiger partial charge in [-0.2, -0.15) is 0 Å². The van der Waals surface area contributed by atoms with Crippen LogP contribution in [0.25, 0.3) is 11.5 Å². The number of amides is 1. The maximum Gasteiger partial charge on any atom is 0.274 e. The third-order valence-electron chi connectivity index (χ3n) is 5.01. The Balaban J connectivity index is 1.37. The van der Waals surface area contributed by atoms with Gasteiger partial charge in [0.2, 0.25) is 5.89 Å². The lowest BCUT2D eigenvalue weighted by molar-refractivity contribution is 0.0620. The van der Waals surface area contributed by atoms with Crippen LogP contribution < -0.4 is 0 Å². The Bertz CT molecular complexity index is 945. The summed E-state index contributed by atoms with van der Waals surface area (Å²) < 4.78 is 5.88. The number of nitrogens with zero attached hydrogens (tertiary/aromatic N) is 5. The van der Waals surface area contributed by atoms with Crippen molar-refractivity contribution in [3.63, 3.8) is 0 Å². The Kier molecular flexibility index (Phi) is 5.16. The van der Waals surface area contributed by atoms with Gasteiger partial charge in [0.1, 0.15) is 11.5 Å². The van der Waals surface area contributed by atoms with E-state index in [1.54, 1.807) is 12.4 Å². The number of aromatic nitrogens is 3. The van der Waals surface area contributed by atoms with E-state index in [2.05, 4.69) is 33.9 Å². The highest BCUT2D eigenvalue weighted by molar-refractivity contribution is 5.92. The molecule has 2 aromatic heterocycles. The second-order valence-electron chi connectivity index (χ2n) is 7.05. The number of oxazole rings is 1. The highest BCUT2D eigenvalue weighted by Gasteiger charge is 2.24. The summed E-state index contributed by atoms with van der Waals surface area (Å²) in [5.74, 6) is 1.43. The van der Waals surface area contributed by atoms with E-state index in [4.69, 9.17) is 9.40 Å². The molecule has 0 bridgehead atoms. The highest BCUT2D eigenvalue weighted by atomic mass is 16.4. The second kappa shape index (κ2) is 7.90. The monoisotopic (exact) mass is 377 g/mol. The fourth-order valence-corrected chi connectivity index (χ4v) is 3.29. The largest absolute Gasteiger partial charge is 0.441 e. The van der Waals surface area contributed by atoms with Gasteiger partial charge in [0.15, 0.2) is 0 Å². The van der Waals surface area contributed by atoms with Gasteiger partial charge in [-0.25, -0.2) is 9.97 Å². The quantitative estimate of drug-likeness (QED) is 0.696. The van der Waals surface area contributed by atoms with Gasteiger partial charge in [-0.1, -0.05) is 17.7 Å². The molecular formula is C21H23N5O2. The van der Waals surface area contributed by atoms with Crippen molar-refractivity contribution in [3.05, 3.63) is 65.6 Å². The fraction of sp³-hybridized carbons (Fsp3) is 0.333. The van der Waals surface area contributed by atoms with Crippen LogP contribution in [0.1, 0.15) is 27.5 Å². The number of hydrogen-bond donors (Lipinski definition) is 0. The summed E-state index contributed by atoms with van der Waals surface area (Å²) >= 11 is 0. The van der Waals surface area contributed by atoms with Crippen LogP contribution in [-0.2, 0) is 6.54 Å². The van der Waals surface area contributed by atoms with E-state index in [1.165, 1.54) is 11.8 Å². The van der Waals surface area contributed by atoms with Crippen LogP contribution in [0.3, 0.4) is 0 Å². The minimum absolute atomic E-state index is 0.0629. The standard InChI is InChI=1S/C21H23N5O2/c1-15-3-5-17(6-4-15)20-24-19(16(2)28-20)14-25-9-11-26(12-10-25)21(27)18-13-22-7-8-23-18/h3-8,13H,9-12,14H2,1-2H3. The molecule has 7 heteroatoms. The van der Waals surface area contributed by atoms with Crippen molar-refractivity contribution in [1.82, 2.24) is 24.8 Å². The molecule has 0 radical (unpaired) electrons. The summed E-state index contributed by atoms with van der Waals surface area (Å²) in [6, 6.07) is 8.17. The number of carbonyl (C=O) groups excluding carboxylic acids is 1. The first-order valence-corrected chi connectivity index (χ1v) is 9.41. The van der Waals surface area contributed by atoms with E-state index < -0.39 is 0 Å². The number of piperazine rings is 1. The van der Waals surface area contributed by atoms with Crippen molar-refractivity contribution in [3.8, 4) is 11.5 Å². The second-order valence-corrected chi connectivity index (χ2v) is 7.05. The topological polar surface area (TPSA) is 75.4 Å². The summed E-state index contributed by atoms with van der Waals surface area (Å²) in [6.07, 6.45) is 4.63. The number of benzene rings is 1. The predicted octanol–water partition coefficient (Wildman–Crippen LogP) is 2.71. The fourth-order valence-electron chi connectivity index (χ4n) is 3.29. The molecule has 1 aromatic carbocycles. The van der Waals surface area contributed by atoms with E-state index in [0.717, 1.165) is 30.1 Å². The maximum absolute atomic E-state index is 12.5. The molecule has 1 aliphatic heterocycles. The molecule has 144 valence electrons. The van der Waals surface area contributed by atoms with E-state index >= 15 is 0 Å². The molecule has 7 nitrogen and oxygen atoms in total. The van der Waals surface area contributed by atoms with E-state index in [0.29, 0.717) is 31.2 Å². The summed E-state index contributed by atoms with van der Waals surface area (Å²) in [5.41, 5.74) is 3.54. The number of carbonyl (C=O) groups is 1. The SMILES string of the molecule is Cc1ccc(-c2nc(CN3CCN(C(=O)c4cnccn4)CC3)c(C)o2)cc1. The van der Waals surface area contributed by atoms with Crippen molar-refractivity contribution in [2.75, 3.05) is 26.2 Å². The molecule has 0 atom stereocenters. The average Bonchev–Trinajstić information content (AvgIpc) is 3.09. The van der Waals surface area contributed by atoms with Crippen LogP contribution in [0.2, 0.25) is 0 Å². The molecule has 1 amide bonds. The normalized spacial score (nSPS) is 15.0. The van der Waals surface area contributed by atoms with E-state index in [-0.39, 0.29) is 5.91 Å². The van der Waals surface area contributed by atoms with Crippen molar-refractivity contribution in [2.24, 2.45) is 0 Å². The third kappa shape index (κ3) is 3.94. The Morgan fingerprint density at radius 2 is 1.82 bits per heavy atom. The molecule has 1 saturated heterocycles. The van der Waals surface area contributed by atoms with Gasteiger partial charge in [0, 0.05) is 50.7 Å². The van der Waals surface area contributed by atoms with Crippen molar-refractivity contribution in [2.45, 2.75) is 20.4 Å². The zero-order chi connectivity index (χ0) is 19.5. The van der Waals surface area contributed by atoms with Crippen LogP contribution >= 0.6 is 0 Å². The van der Waals surface area contributed by atoms with Crippen molar-refractivity contribution >= 4 is 5.91 Å². The molecule has 0 spiro atoms. The minimum atomic E-state index is -0.0629. The predicted molar refractivity (Wildman–Crippen MR) is 105 cm³/mol. The summed E-state index contributed by atoms with van der Waals surface area (Å²) in [4.78, 5) is 29.4. The Morgan fingerprint density at radius 1 is 1.07 bits per heavy atom. The highest BCUT2D eigenvalue weighted by Crippen LogP contribution is 2.23. The smallest absolute Gasteiger partial charge is 0.274 e. The van der Waals surface area contributed by atoms with Crippen LogP contribution in [0, 0.1) is 13.8 Å². The van der Waals surface area contributed by atoms with Gasteiger partial charge in [0.25, 0.3) is 5.91 Å². The Labute approximate surface area is 164 Å². The van der Waals surface area contributed by atoms with Gasteiger partial charge in [-0.15, -0.1) is 0 Å². The lowest BCUT2D eigenvalue weighted by atomic mass is 10.1. The summed E-state index contributed by atoms with van der Waals surface area (Å²) in [5, 5.41) is 0. The first-order valence-electron chi connectivity index (χ1n) is 9.41. The Morgan fingerprint density at radius 3 is 2.50 bits per heavy atom. The van der Waals surface area contributed by atoms with Gasteiger partial charge < -0.3 is 9.32 Å². The number of rotatable bonds is 4. The number of aryl methyl sites for hydroxylation is 2. The lowest BCUT2D eigenvalue weighted by Crippen LogP contribution is -2.48. The molecular weight excluding hydrogens is 354 g/mol. The molecule has 4 rings (SSSR count). The molecule has 1 fully saturated rings. The minimum Gasteiger partial charge on any atom is -0.441 e.